The number of nitrogens with zero attached hydrogens (tertiary/aromatic N) is 4. The number of nitriles is 1. The highest BCUT2D eigenvalue weighted by Crippen LogP contribution is 2.04. The molecule has 0 atom stereocenters. The lowest BCUT2D eigenvalue weighted by Gasteiger charge is -2.05. The molecule has 5 heteroatoms. The van der Waals surface area contributed by atoms with E-state index in [0.717, 1.165) is 18.7 Å². The Hall–Kier alpha value is -2.48. The van der Waals surface area contributed by atoms with E-state index in [1.165, 1.54) is 5.56 Å². The third kappa shape index (κ3) is 3.25. The molecule has 5 nitrogen and oxygen atoms in total. The zero-order chi connectivity index (χ0) is 12.8. The highest BCUT2D eigenvalue weighted by atomic mass is 15.1. The van der Waals surface area contributed by atoms with Crippen molar-refractivity contribution < 1.29 is 0 Å². The first kappa shape index (κ1) is 12.0. The maximum absolute atomic E-state index is 8.81. The Morgan fingerprint density at radius 3 is 2.78 bits per heavy atom. The summed E-state index contributed by atoms with van der Waals surface area (Å²) in [5.74, 6) is 0.501. The van der Waals surface area contributed by atoms with E-state index in [4.69, 9.17) is 5.26 Å². The Bertz CT molecular complexity index is 559. The van der Waals surface area contributed by atoms with Crippen molar-refractivity contribution in [2.24, 2.45) is 0 Å². The SMILES string of the molecule is Cc1cc(C#N)nc(NCCc2ccncc2)n1. The molecule has 0 saturated carbocycles. The van der Waals surface area contributed by atoms with E-state index in [0.29, 0.717) is 11.6 Å². The highest BCUT2D eigenvalue weighted by Gasteiger charge is 2.01. The van der Waals surface area contributed by atoms with Crippen LogP contribution in [-0.4, -0.2) is 21.5 Å². The first-order valence-electron chi connectivity index (χ1n) is 5.66. The molecular weight excluding hydrogens is 226 g/mol. The number of hydrogen-bond donors (Lipinski definition) is 1. The predicted octanol–water partition coefficient (Wildman–Crippen LogP) is 1.71. The van der Waals surface area contributed by atoms with Crippen molar-refractivity contribution in [1.82, 2.24) is 15.0 Å². The number of aromatic nitrogens is 3. The Labute approximate surface area is 106 Å². The van der Waals surface area contributed by atoms with Gasteiger partial charge in [0.25, 0.3) is 0 Å². The molecule has 2 aromatic heterocycles. The van der Waals surface area contributed by atoms with E-state index in [1.54, 1.807) is 18.5 Å². The first-order valence-corrected chi connectivity index (χ1v) is 5.66. The highest BCUT2D eigenvalue weighted by molar-refractivity contribution is 5.33. The van der Waals surface area contributed by atoms with E-state index in [9.17, 15) is 0 Å². The molecule has 0 aromatic carbocycles. The van der Waals surface area contributed by atoms with Gasteiger partial charge in [-0.1, -0.05) is 0 Å². The van der Waals surface area contributed by atoms with Gasteiger partial charge in [-0.25, -0.2) is 9.97 Å². The lowest BCUT2D eigenvalue weighted by molar-refractivity contribution is 0.967. The minimum absolute atomic E-state index is 0.383. The van der Waals surface area contributed by atoms with Crippen LogP contribution in [0.4, 0.5) is 5.95 Å². The van der Waals surface area contributed by atoms with E-state index in [1.807, 2.05) is 25.1 Å². The molecule has 0 spiro atoms. The minimum atomic E-state index is 0.383. The van der Waals surface area contributed by atoms with Crippen molar-refractivity contribution >= 4 is 5.95 Å². The van der Waals surface area contributed by atoms with Crippen LogP contribution in [0.15, 0.2) is 30.6 Å². The van der Waals surface area contributed by atoms with Crippen molar-refractivity contribution in [3.05, 3.63) is 47.5 Å². The Morgan fingerprint density at radius 1 is 1.28 bits per heavy atom. The topological polar surface area (TPSA) is 74.5 Å². The van der Waals surface area contributed by atoms with Crippen molar-refractivity contribution in [3.63, 3.8) is 0 Å². The maximum Gasteiger partial charge on any atom is 0.224 e. The van der Waals surface area contributed by atoms with Gasteiger partial charge in [0.05, 0.1) is 0 Å². The summed E-state index contributed by atoms with van der Waals surface area (Å²) >= 11 is 0. The molecule has 18 heavy (non-hydrogen) atoms. The summed E-state index contributed by atoms with van der Waals surface area (Å²) in [5, 5.41) is 11.9. The second kappa shape index (κ2) is 5.73. The molecule has 0 bridgehead atoms. The molecule has 2 heterocycles. The molecule has 0 fully saturated rings. The van der Waals surface area contributed by atoms with E-state index >= 15 is 0 Å². The van der Waals surface area contributed by atoms with Crippen LogP contribution in [0.2, 0.25) is 0 Å². The first-order chi connectivity index (χ1) is 8.78. The number of hydrogen-bond acceptors (Lipinski definition) is 5. The summed E-state index contributed by atoms with van der Waals surface area (Å²) in [7, 11) is 0. The number of anilines is 1. The fourth-order valence-corrected chi connectivity index (χ4v) is 1.57. The average Bonchev–Trinajstić information content (AvgIpc) is 2.39. The molecule has 1 N–H and O–H groups in total. The monoisotopic (exact) mass is 239 g/mol. The Balaban J connectivity index is 1.95. The normalized spacial score (nSPS) is 9.78. The van der Waals surface area contributed by atoms with Crippen LogP contribution >= 0.6 is 0 Å². The number of aryl methyl sites for hydroxylation is 1. The molecule has 0 unspecified atom stereocenters. The molecule has 2 rings (SSSR count). The van der Waals surface area contributed by atoms with Gasteiger partial charge < -0.3 is 5.32 Å². The molecule has 0 amide bonds. The fourth-order valence-electron chi connectivity index (χ4n) is 1.57. The third-order valence-corrected chi connectivity index (χ3v) is 2.41. The third-order valence-electron chi connectivity index (χ3n) is 2.41. The molecular formula is C13H13N5. The lowest BCUT2D eigenvalue weighted by atomic mass is 10.2. The average molecular weight is 239 g/mol. The van der Waals surface area contributed by atoms with E-state index in [-0.39, 0.29) is 0 Å². The van der Waals surface area contributed by atoms with Gasteiger partial charge in [0.2, 0.25) is 5.95 Å². The quantitative estimate of drug-likeness (QED) is 0.879. The predicted molar refractivity (Wildman–Crippen MR) is 67.9 cm³/mol. The van der Waals surface area contributed by atoms with Crippen LogP contribution in [0.1, 0.15) is 17.0 Å². The Kier molecular flexibility index (Phi) is 3.82. The molecule has 90 valence electrons. The number of rotatable bonds is 4. The molecule has 0 radical (unpaired) electrons. The van der Waals surface area contributed by atoms with Crippen molar-refractivity contribution in [3.8, 4) is 6.07 Å². The Morgan fingerprint density at radius 2 is 2.06 bits per heavy atom. The van der Waals surface area contributed by atoms with Gasteiger partial charge in [0.15, 0.2) is 0 Å². The van der Waals surface area contributed by atoms with Crippen LogP contribution in [0.25, 0.3) is 0 Å². The van der Waals surface area contributed by atoms with Crippen LogP contribution < -0.4 is 5.32 Å². The van der Waals surface area contributed by atoms with Gasteiger partial charge in [0, 0.05) is 24.6 Å². The van der Waals surface area contributed by atoms with Crippen molar-refractivity contribution in [2.45, 2.75) is 13.3 Å². The van der Waals surface area contributed by atoms with Gasteiger partial charge in [-0.05, 0) is 37.1 Å². The summed E-state index contributed by atoms with van der Waals surface area (Å²) < 4.78 is 0. The van der Waals surface area contributed by atoms with Gasteiger partial charge >= 0.3 is 0 Å². The van der Waals surface area contributed by atoms with Crippen LogP contribution in [0, 0.1) is 18.3 Å². The zero-order valence-electron chi connectivity index (χ0n) is 10.1. The minimum Gasteiger partial charge on any atom is -0.354 e. The van der Waals surface area contributed by atoms with E-state index < -0.39 is 0 Å². The summed E-state index contributed by atoms with van der Waals surface area (Å²) in [6, 6.07) is 7.62. The van der Waals surface area contributed by atoms with Gasteiger partial charge in [-0.15, -0.1) is 0 Å². The fraction of sp³-hybridized carbons (Fsp3) is 0.231. The van der Waals surface area contributed by atoms with E-state index in [2.05, 4.69) is 20.3 Å². The second-order valence-electron chi connectivity index (χ2n) is 3.86. The van der Waals surface area contributed by atoms with Crippen molar-refractivity contribution in [2.75, 3.05) is 11.9 Å². The summed E-state index contributed by atoms with van der Waals surface area (Å²) in [4.78, 5) is 12.3. The number of pyridine rings is 1. The van der Waals surface area contributed by atoms with Crippen molar-refractivity contribution in [1.29, 1.82) is 5.26 Å². The molecule has 0 aliphatic carbocycles. The summed E-state index contributed by atoms with van der Waals surface area (Å²) in [5.41, 5.74) is 2.37. The standard InChI is InChI=1S/C13H13N5/c1-10-8-12(9-14)18-13(17-10)16-7-4-11-2-5-15-6-3-11/h2-3,5-6,8H,4,7H2,1H3,(H,16,17,18). The maximum atomic E-state index is 8.81. The molecule has 0 aliphatic heterocycles. The summed E-state index contributed by atoms with van der Waals surface area (Å²) in [6.45, 7) is 2.56. The van der Waals surface area contributed by atoms with Crippen LogP contribution in [-0.2, 0) is 6.42 Å². The van der Waals surface area contributed by atoms with Crippen LogP contribution in [0.5, 0.6) is 0 Å². The van der Waals surface area contributed by atoms with Gasteiger partial charge in [-0.2, -0.15) is 5.26 Å². The molecule has 0 saturated heterocycles. The zero-order valence-corrected chi connectivity index (χ0v) is 10.1. The van der Waals surface area contributed by atoms with Crippen LogP contribution in [0.3, 0.4) is 0 Å². The molecule has 0 aliphatic rings. The molecule has 2 aromatic rings. The van der Waals surface area contributed by atoms with Gasteiger partial charge in [0.1, 0.15) is 11.8 Å². The summed E-state index contributed by atoms with van der Waals surface area (Å²) in [6.07, 6.45) is 4.40. The second-order valence-corrected chi connectivity index (χ2v) is 3.86. The smallest absolute Gasteiger partial charge is 0.224 e. The largest absolute Gasteiger partial charge is 0.354 e. The number of nitrogens with one attached hydrogen (secondary N) is 1. The van der Waals surface area contributed by atoms with Gasteiger partial charge in [-0.3, -0.25) is 4.98 Å². The lowest BCUT2D eigenvalue weighted by Crippen LogP contribution is -2.09.